The molecule has 0 amide bonds. The van der Waals surface area contributed by atoms with Crippen molar-refractivity contribution in [3.05, 3.63) is 53.1 Å². The zero-order valence-corrected chi connectivity index (χ0v) is 11.3. The monoisotopic (exact) mass is 286 g/mol. The Hall–Kier alpha value is -2.95. The minimum absolute atomic E-state index is 0.00554. The molecule has 0 unspecified atom stereocenters. The van der Waals surface area contributed by atoms with E-state index in [1.807, 2.05) is 0 Å². The molecule has 21 heavy (non-hydrogen) atoms. The first-order chi connectivity index (χ1) is 10.0. The number of aromatic carboxylic acids is 1. The van der Waals surface area contributed by atoms with E-state index in [9.17, 15) is 15.0 Å². The number of hydrogen-bond donors (Lipinski definition) is 3. The van der Waals surface area contributed by atoms with Gasteiger partial charge >= 0.3 is 5.97 Å². The first-order valence-electron chi connectivity index (χ1n) is 6.13. The van der Waals surface area contributed by atoms with E-state index in [4.69, 9.17) is 9.84 Å². The Bertz CT molecular complexity index is 704. The summed E-state index contributed by atoms with van der Waals surface area (Å²) in [5, 5.41) is 28.4. The standard InChI is InChI=1S/C16H14O5/c1-21-14-8-6-10(9-13(14)18)5-7-11-3-2-4-12(17)15(11)16(19)20/h2-9,17-18H,1H3,(H,19,20). The maximum atomic E-state index is 11.1. The highest BCUT2D eigenvalue weighted by Gasteiger charge is 2.12. The first kappa shape index (κ1) is 14.5. The zero-order valence-electron chi connectivity index (χ0n) is 11.3. The normalized spacial score (nSPS) is 10.7. The van der Waals surface area contributed by atoms with Gasteiger partial charge in [-0.3, -0.25) is 0 Å². The van der Waals surface area contributed by atoms with Crippen LogP contribution in [0.15, 0.2) is 36.4 Å². The fraction of sp³-hybridized carbons (Fsp3) is 0.0625. The number of ether oxygens (including phenoxy) is 1. The van der Waals surface area contributed by atoms with Gasteiger partial charge in [-0.15, -0.1) is 0 Å². The van der Waals surface area contributed by atoms with E-state index in [1.54, 1.807) is 36.4 Å². The van der Waals surface area contributed by atoms with Gasteiger partial charge in [0.2, 0.25) is 0 Å². The Labute approximate surface area is 121 Å². The highest BCUT2D eigenvalue weighted by Crippen LogP contribution is 2.28. The smallest absolute Gasteiger partial charge is 0.340 e. The molecule has 5 heteroatoms. The van der Waals surface area contributed by atoms with Crippen LogP contribution in [-0.4, -0.2) is 28.4 Å². The van der Waals surface area contributed by atoms with Gasteiger partial charge < -0.3 is 20.1 Å². The number of benzene rings is 2. The number of carbonyl (C=O) groups is 1. The Kier molecular flexibility index (Phi) is 4.13. The summed E-state index contributed by atoms with van der Waals surface area (Å²) >= 11 is 0. The second kappa shape index (κ2) is 6.00. The minimum Gasteiger partial charge on any atom is -0.507 e. The lowest BCUT2D eigenvalue weighted by molar-refractivity contribution is 0.0693. The van der Waals surface area contributed by atoms with E-state index in [0.717, 1.165) is 0 Å². The van der Waals surface area contributed by atoms with Crippen molar-refractivity contribution in [2.75, 3.05) is 7.11 Å². The second-order valence-corrected chi connectivity index (χ2v) is 4.31. The van der Waals surface area contributed by atoms with E-state index in [-0.39, 0.29) is 17.1 Å². The molecule has 0 aliphatic heterocycles. The van der Waals surface area contributed by atoms with Gasteiger partial charge in [0.1, 0.15) is 11.3 Å². The van der Waals surface area contributed by atoms with Crippen LogP contribution in [0.3, 0.4) is 0 Å². The Morgan fingerprint density at radius 1 is 1.10 bits per heavy atom. The number of phenolic OH excluding ortho intramolecular Hbond substituents is 1. The molecule has 0 radical (unpaired) electrons. The molecule has 2 aromatic carbocycles. The summed E-state index contributed by atoms with van der Waals surface area (Å²) in [6.07, 6.45) is 3.20. The maximum absolute atomic E-state index is 11.1. The molecule has 0 saturated heterocycles. The lowest BCUT2D eigenvalue weighted by Gasteiger charge is -2.05. The van der Waals surface area contributed by atoms with Crippen molar-refractivity contribution in [2.45, 2.75) is 0 Å². The van der Waals surface area contributed by atoms with Crippen LogP contribution >= 0.6 is 0 Å². The van der Waals surface area contributed by atoms with Gasteiger partial charge in [-0.25, -0.2) is 4.79 Å². The van der Waals surface area contributed by atoms with Crippen LogP contribution in [0.2, 0.25) is 0 Å². The van der Waals surface area contributed by atoms with Crippen LogP contribution in [0.4, 0.5) is 0 Å². The molecule has 0 heterocycles. The molecule has 0 fully saturated rings. The van der Waals surface area contributed by atoms with Crippen molar-refractivity contribution in [1.82, 2.24) is 0 Å². The molecule has 0 saturated carbocycles. The third-order valence-electron chi connectivity index (χ3n) is 2.95. The number of aromatic hydroxyl groups is 2. The van der Waals surface area contributed by atoms with Crippen LogP contribution in [0.5, 0.6) is 17.2 Å². The molecule has 2 aromatic rings. The number of carboxylic acids is 1. The van der Waals surface area contributed by atoms with Crippen LogP contribution in [0.1, 0.15) is 21.5 Å². The molecule has 0 bridgehead atoms. The minimum atomic E-state index is -1.20. The average molecular weight is 286 g/mol. The van der Waals surface area contributed by atoms with E-state index < -0.39 is 5.97 Å². The van der Waals surface area contributed by atoms with Crippen LogP contribution in [-0.2, 0) is 0 Å². The fourth-order valence-electron chi connectivity index (χ4n) is 1.93. The molecule has 0 aromatic heterocycles. The second-order valence-electron chi connectivity index (χ2n) is 4.31. The molecule has 108 valence electrons. The Morgan fingerprint density at radius 3 is 2.48 bits per heavy atom. The van der Waals surface area contributed by atoms with Crippen LogP contribution < -0.4 is 4.74 Å². The van der Waals surface area contributed by atoms with Crippen molar-refractivity contribution in [3.8, 4) is 17.2 Å². The van der Waals surface area contributed by atoms with E-state index in [0.29, 0.717) is 16.9 Å². The summed E-state index contributed by atoms with van der Waals surface area (Å²) in [6.45, 7) is 0. The van der Waals surface area contributed by atoms with Crippen molar-refractivity contribution in [2.24, 2.45) is 0 Å². The molecule has 3 N–H and O–H groups in total. The van der Waals surface area contributed by atoms with Crippen LogP contribution in [0, 0.1) is 0 Å². The summed E-state index contributed by atoms with van der Waals surface area (Å²) in [7, 11) is 1.45. The lowest BCUT2D eigenvalue weighted by atomic mass is 10.0. The zero-order chi connectivity index (χ0) is 15.4. The molecule has 0 aliphatic carbocycles. The number of hydrogen-bond acceptors (Lipinski definition) is 4. The molecular weight excluding hydrogens is 272 g/mol. The quantitative estimate of drug-likeness (QED) is 0.752. The van der Waals surface area contributed by atoms with Gasteiger partial charge in [0, 0.05) is 0 Å². The summed E-state index contributed by atoms with van der Waals surface area (Å²) in [5.74, 6) is -1.14. The number of methoxy groups -OCH3 is 1. The molecule has 0 aliphatic rings. The number of phenols is 2. The number of rotatable bonds is 4. The van der Waals surface area contributed by atoms with Crippen molar-refractivity contribution in [3.63, 3.8) is 0 Å². The highest BCUT2D eigenvalue weighted by atomic mass is 16.5. The molecule has 2 rings (SSSR count). The van der Waals surface area contributed by atoms with Gasteiger partial charge in [-0.2, -0.15) is 0 Å². The SMILES string of the molecule is COc1ccc(C=Cc2cccc(O)c2C(=O)O)cc1O. The predicted octanol–water partition coefficient (Wildman–Crippen LogP) is 2.98. The Morgan fingerprint density at radius 2 is 1.86 bits per heavy atom. The first-order valence-corrected chi connectivity index (χ1v) is 6.13. The van der Waals surface area contributed by atoms with Crippen LogP contribution in [0.25, 0.3) is 12.2 Å². The predicted molar refractivity (Wildman–Crippen MR) is 78.7 cm³/mol. The van der Waals surface area contributed by atoms with Crippen molar-refractivity contribution in [1.29, 1.82) is 0 Å². The summed E-state index contributed by atoms with van der Waals surface area (Å²) in [4.78, 5) is 11.1. The summed E-state index contributed by atoms with van der Waals surface area (Å²) in [6, 6.07) is 9.29. The Balaban J connectivity index is 2.36. The lowest BCUT2D eigenvalue weighted by Crippen LogP contribution is -1.99. The van der Waals surface area contributed by atoms with E-state index in [1.165, 1.54) is 19.2 Å². The molecule has 5 nitrogen and oxygen atoms in total. The van der Waals surface area contributed by atoms with Gasteiger partial charge in [0.05, 0.1) is 7.11 Å². The van der Waals surface area contributed by atoms with Gasteiger partial charge in [0.15, 0.2) is 11.5 Å². The van der Waals surface area contributed by atoms with Gasteiger partial charge in [-0.1, -0.05) is 30.4 Å². The molecular formula is C16H14O5. The third kappa shape index (κ3) is 3.14. The van der Waals surface area contributed by atoms with Gasteiger partial charge in [0.25, 0.3) is 0 Å². The topological polar surface area (TPSA) is 87.0 Å². The number of carboxylic acid groups (broad SMARTS) is 1. The highest BCUT2D eigenvalue weighted by molar-refractivity contribution is 5.96. The largest absolute Gasteiger partial charge is 0.507 e. The van der Waals surface area contributed by atoms with Crippen molar-refractivity contribution < 1.29 is 24.9 Å². The van der Waals surface area contributed by atoms with Gasteiger partial charge in [-0.05, 0) is 29.3 Å². The third-order valence-corrected chi connectivity index (χ3v) is 2.95. The van der Waals surface area contributed by atoms with Crippen molar-refractivity contribution >= 4 is 18.1 Å². The molecule has 0 atom stereocenters. The molecule has 0 spiro atoms. The average Bonchev–Trinajstić information content (AvgIpc) is 2.44. The van der Waals surface area contributed by atoms with E-state index >= 15 is 0 Å². The maximum Gasteiger partial charge on any atom is 0.340 e. The van der Waals surface area contributed by atoms with E-state index in [2.05, 4.69) is 0 Å². The summed E-state index contributed by atoms with van der Waals surface area (Å²) in [5.41, 5.74) is 0.886. The summed E-state index contributed by atoms with van der Waals surface area (Å²) < 4.78 is 4.94. The fourth-order valence-corrected chi connectivity index (χ4v) is 1.93.